The van der Waals surface area contributed by atoms with Gasteiger partial charge in [0, 0.05) is 30.6 Å². The van der Waals surface area contributed by atoms with Gasteiger partial charge in [0.2, 0.25) is 5.95 Å². The van der Waals surface area contributed by atoms with Gasteiger partial charge in [0.05, 0.1) is 23.6 Å². The average molecular weight is 720 g/mol. The van der Waals surface area contributed by atoms with E-state index in [-0.39, 0.29) is 29.4 Å². The van der Waals surface area contributed by atoms with Crippen molar-refractivity contribution in [2.75, 3.05) is 36.4 Å². The van der Waals surface area contributed by atoms with E-state index in [0.717, 1.165) is 79.6 Å². The van der Waals surface area contributed by atoms with E-state index in [2.05, 4.69) is 70.5 Å². The fraction of sp³-hybridized carbons (Fsp3) is 0.463. The van der Waals surface area contributed by atoms with Gasteiger partial charge in [0.1, 0.15) is 23.5 Å². The molecule has 2 aromatic carbocycles. The second-order valence-electron chi connectivity index (χ2n) is 15.9. The molecule has 278 valence electrons. The first kappa shape index (κ1) is 35.1. The molecule has 12 heteroatoms. The summed E-state index contributed by atoms with van der Waals surface area (Å²) in [5.74, 6) is 1.91. The van der Waals surface area contributed by atoms with Crippen LogP contribution in [-0.2, 0) is 11.8 Å². The van der Waals surface area contributed by atoms with Gasteiger partial charge in [-0.1, -0.05) is 45.0 Å². The average Bonchev–Trinajstić information content (AvgIpc) is 3.74. The molecule has 53 heavy (non-hydrogen) atoms. The third-order valence-corrected chi connectivity index (χ3v) is 11.1. The highest BCUT2D eigenvalue weighted by Crippen LogP contribution is 2.39. The fourth-order valence-electron chi connectivity index (χ4n) is 7.82. The number of amides is 2. The van der Waals surface area contributed by atoms with E-state index in [1.807, 2.05) is 47.0 Å². The first-order chi connectivity index (χ1) is 25.6. The monoisotopic (exact) mass is 719 g/mol. The van der Waals surface area contributed by atoms with E-state index in [9.17, 15) is 9.18 Å². The van der Waals surface area contributed by atoms with Crippen molar-refractivity contribution in [3.05, 3.63) is 95.1 Å². The van der Waals surface area contributed by atoms with Crippen LogP contribution in [0.5, 0.6) is 5.75 Å². The number of pyridine rings is 1. The van der Waals surface area contributed by atoms with E-state index < -0.39 is 0 Å². The van der Waals surface area contributed by atoms with E-state index in [0.29, 0.717) is 36.0 Å². The third-order valence-electron chi connectivity index (χ3n) is 11.1. The number of likely N-dealkylation sites (tertiary alicyclic amines) is 1. The van der Waals surface area contributed by atoms with Crippen LogP contribution in [0.2, 0.25) is 0 Å². The van der Waals surface area contributed by atoms with Crippen LogP contribution in [0.15, 0.2) is 66.9 Å². The molecule has 2 saturated heterocycles. The Hall–Kier alpha value is -4.97. The highest BCUT2D eigenvalue weighted by molar-refractivity contribution is 5.89. The van der Waals surface area contributed by atoms with Crippen LogP contribution in [-0.4, -0.2) is 67.5 Å². The maximum atomic E-state index is 14.9. The van der Waals surface area contributed by atoms with Crippen molar-refractivity contribution in [2.24, 2.45) is 0 Å². The maximum Gasteiger partial charge on any atom is 0.320 e. The molecule has 1 aliphatic carbocycles. The van der Waals surface area contributed by atoms with E-state index in [1.165, 1.54) is 18.9 Å². The van der Waals surface area contributed by atoms with Crippen molar-refractivity contribution in [1.29, 1.82) is 0 Å². The normalized spacial score (nSPS) is 20.5. The number of piperidine rings is 1. The third kappa shape index (κ3) is 7.33. The number of carbonyl (C=O) groups is 1. The number of aromatic nitrogens is 5. The summed E-state index contributed by atoms with van der Waals surface area (Å²) < 4.78 is 25.3. The first-order valence-corrected chi connectivity index (χ1v) is 19.2. The van der Waals surface area contributed by atoms with Crippen molar-refractivity contribution in [2.45, 2.75) is 96.2 Å². The van der Waals surface area contributed by atoms with E-state index in [4.69, 9.17) is 9.84 Å². The van der Waals surface area contributed by atoms with Crippen LogP contribution >= 0.6 is 0 Å². The number of nitrogens with zero attached hydrogens (tertiary/aromatic N) is 7. The summed E-state index contributed by atoms with van der Waals surface area (Å²) in [6.07, 6.45) is 8.59. The number of urea groups is 1. The highest BCUT2D eigenvalue weighted by Gasteiger charge is 2.31. The Morgan fingerprint density at radius 3 is 2.55 bits per heavy atom. The molecule has 0 spiro atoms. The number of benzene rings is 2. The molecule has 0 unspecified atom stereocenters. The van der Waals surface area contributed by atoms with Crippen LogP contribution in [0.4, 0.5) is 21.0 Å². The topological polar surface area (TPSA) is 105 Å². The lowest BCUT2D eigenvalue weighted by molar-refractivity contribution is 0.171. The summed E-state index contributed by atoms with van der Waals surface area (Å²) >= 11 is 0. The molecule has 11 nitrogen and oxygen atoms in total. The number of halogens is 1. The molecular formula is C41H50FN9O2. The lowest BCUT2D eigenvalue weighted by Crippen LogP contribution is -2.38. The summed E-state index contributed by atoms with van der Waals surface area (Å²) in [5.41, 5.74) is 4.79. The Labute approximate surface area is 310 Å². The van der Waals surface area contributed by atoms with Gasteiger partial charge in [-0.3, -0.25) is 9.72 Å². The van der Waals surface area contributed by atoms with Gasteiger partial charge in [0.15, 0.2) is 5.65 Å². The Morgan fingerprint density at radius 1 is 0.943 bits per heavy atom. The number of carbonyl (C=O) groups excluding carboxylic acids is 1. The zero-order chi connectivity index (χ0) is 36.7. The highest BCUT2D eigenvalue weighted by atomic mass is 19.1. The molecule has 2 aliphatic heterocycles. The molecule has 8 rings (SSSR count). The molecule has 0 saturated carbocycles. The largest absolute Gasteiger partial charge is 0.484 e. The maximum absolute atomic E-state index is 14.9. The number of rotatable bonds is 9. The molecule has 2 N–H and O–H groups in total. The summed E-state index contributed by atoms with van der Waals surface area (Å²) in [7, 11) is 0. The predicted molar refractivity (Wildman–Crippen MR) is 205 cm³/mol. The molecule has 3 atom stereocenters. The second kappa shape index (κ2) is 14.5. The number of hydrogen-bond acceptors (Lipinski definition) is 7. The number of hydrogen-bond donors (Lipinski definition) is 2. The summed E-state index contributed by atoms with van der Waals surface area (Å²) in [6, 6.07) is 18.9. The number of nitrogens with one attached hydrogen (secondary N) is 2. The van der Waals surface area contributed by atoms with Gasteiger partial charge in [-0.25, -0.2) is 13.9 Å². The van der Waals surface area contributed by atoms with Crippen LogP contribution < -0.4 is 20.3 Å². The summed E-state index contributed by atoms with van der Waals surface area (Å²) in [4.78, 5) is 18.4. The molecule has 3 aromatic heterocycles. The van der Waals surface area contributed by atoms with Gasteiger partial charge in [-0.05, 0) is 112 Å². The smallest absolute Gasteiger partial charge is 0.320 e. The summed E-state index contributed by atoms with van der Waals surface area (Å²) in [5, 5.41) is 20.2. The predicted octanol–water partition coefficient (Wildman–Crippen LogP) is 7.76. The zero-order valence-corrected chi connectivity index (χ0v) is 31.2. The minimum atomic E-state index is -0.330. The first-order valence-electron chi connectivity index (χ1n) is 19.2. The molecule has 5 heterocycles. The standard InChI is InChI=1S/C41H50FN9O2/c1-27-10-7-8-22-49(27)40-46-45-37-18-14-30(26-50(37)40)53-35-17-16-34(31-11-5-6-12-32(31)35)43-39(52)44-38-25-36(41(2,3)4)47-51(38)29-13-15-33(42)28(24-29)19-23-48-20-9-21-48/h5-6,11-15,18,24-27,34-35H,7-10,16-17,19-23H2,1-4H3,(H2,43,44,52)/t27-,34-,35+/m0/s1. The molecule has 0 radical (unpaired) electrons. The van der Waals surface area contributed by atoms with Crippen molar-refractivity contribution in [1.82, 2.24) is 34.6 Å². The number of fused-ring (bicyclic) bond motifs is 2. The Morgan fingerprint density at radius 2 is 1.77 bits per heavy atom. The Balaban J connectivity index is 0.991. The van der Waals surface area contributed by atoms with Gasteiger partial charge >= 0.3 is 6.03 Å². The lowest BCUT2D eigenvalue weighted by atomic mass is 9.85. The van der Waals surface area contributed by atoms with Crippen LogP contribution in [0, 0.1) is 5.82 Å². The van der Waals surface area contributed by atoms with Gasteiger partial charge in [-0.15, -0.1) is 10.2 Å². The van der Waals surface area contributed by atoms with Gasteiger partial charge in [-0.2, -0.15) is 5.10 Å². The van der Waals surface area contributed by atoms with Crippen molar-refractivity contribution < 1.29 is 13.9 Å². The number of anilines is 2. The SMILES string of the molecule is C[C@H]1CCCCN1c1nnc2ccc(O[C@@H]3CC[C@H](NC(=O)Nc4cc(C(C)(C)C)nn4-c4ccc(F)c(CCN5CCC5)c4)c4ccccc43)cn12. The molecule has 3 aliphatic rings. The molecular weight excluding hydrogens is 670 g/mol. The minimum Gasteiger partial charge on any atom is -0.484 e. The Bertz CT molecular complexity index is 2100. The Kier molecular flexibility index (Phi) is 9.57. The van der Waals surface area contributed by atoms with Crippen LogP contribution in [0.25, 0.3) is 11.3 Å². The van der Waals surface area contributed by atoms with Crippen molar-refractivity contribution in [3.63, 3.8) is 0 Å². The van der Waals surface area contributed by atoms with Gasteiger partial charge < -0.3 is 19.9 Å². The zero-order valence-electron chi connectivity index (χ0n) is 31.2. The van der Waals surface area contributed by atoms with Crippen molar-refractivity contribution >= 4 is 23.4 Å². The van der Waals surface area contributed by atoms with Crippen LogP contribution in [0.3, 0.4) is 0 Å². The number of ether oxygens (including phenoxy) is 1. The van der Waals surface area contributed by atoms with Crippen molar-refractivity contribution in [3.8, 4) is 11.4 Å². The van der Waals surface area contributed by atoms with E-state index >= 15 is 0 Å². The molecule has 0 bridgehead atoms. The second-order valence-corrected chi connectivity index (χ2v) is 15.9. The summed E-state index contributed by atoms with van der Waals surface area (Å²) in [6.45, 7) is 12.4. The quantitative estimate of drug-likeness (QED) is 0.161. The van der Waals surface area contributed by atoms with Crippen LogP contribution in [0.1, 0.15) is 101 Å². The van der Waals surface area contributed by atoms with E-state index in [1.54, 1.807) is 10.7 Å². The molecule has 5 aromatic rings. The lowest BCUT2D eigenvalue weighted by Gasteiger charge is -2.33. The molecule has 2 fully saturated rings. The molecule has 2 amide bonds. The van der Waals surface area contributed by atoms with Gasteiger partial charge in [0.25, 0.3) is 0 Å². The fourth-order valence-corrected chi connectivity index (χ4v) is 7.82. The minimum absolute atomic E-state index is 0.178.